The van der Waals surface area contributed by atoms with Crippen molar-refractivity contribution in [3.05, 3.63) is 108 Å². The van der Waals surface area contributed by atoms with Gasteiger partial charge in [-0.1, -0.05) is 66.7 Å². The van der Waals surface area contributed by atoms with Crippen LogP contribution in [0.3, 0.4) is 0 Å². The van der Waals surface area contributed by atoms with Crippen LogP contribution in [0, 0.1) is 0 Å². The second-order valence-electron chi connectivity index (χ2n) is 9.20. The van der Waals surface area contributed by atoms with E-state index < -0.39 is 28.4 Å². The van der Waals surface area contributed by atoms with Crippen LogP contribution in [0.2, 0.25) is 0 Å². The number of sulfonamides is 1. The predicted octanol–water partition coefficient (Wildman–Crippen LogP) is 3.53. The molecule has 202 valence electrons. The van der Waals surface area contributed by atoms with Crippen LogP contribution >= 0.6 is 0 Å². The Morgan fingerprint density at radius 2 is 1.46 bits per heavy atom. The molecule has 39 heavy (non-hydrogen) atoms. The highest BCUT2D eigenvalue weighted by atomic mass is 32.2. The van der Waals surface area contributed by atoms with Crippen molar-refractivity contribution in [1.82, 2.24) is 15.1 Å². The van der Waals surface area contributed by atoms with Gasteiger partial charge >= 0.3 is 0 Å². The molecule has 3 N–H and O–H groups in total. The van der Waals surface area contributed by atoms with Gasteiger partial charge in [-0.05, 0) is 35.4 Å². The molecule has 4 aromatic rings. The zero-order valence-electron chi connectivity index (χ0n) is 21.7. The number of fused-ring (bicyclic) bond motifs is 1. The lowest BCUT2D eigenvalue weighted by atomic mass is 10.1. The van der Waals surface area contributed by atoms with Gasteiger partial charge in [-0.3, -0.25) is 14.8 Å². The molecule has 4 rings (SSSR count). The first-order valence-electron chi connectivity index (χ1n) is 12.2. The lowest BCUT2D eigenvalue weighted by Gasteiger charge is -2.24. The van der Waals surface area contributed by atoms with Crippen LogP contribution in [0.15, 0.2) is 95.9 Å². The van der Waals surface area contributed by atoms with Crippen LogP contribution in [-0.2, 0) is 27.9 Å². The summed E-state index contributed by atoms with van der Waals surface area (Å²) in [5, 5.41) is 13.0. The Kier molecular flexibility index (Phi) is 8.60. The number of carbonyl (C=O) groups excluding carboxylic acids is 2. The first-order valence-corrected chi connectivity index (χ1v) is 13.7. The van der Waals surface area contributed by atoms with Crippen molar-refractivity contribution in [3.63, 3.8) is 0 Å². The molecule has 0 saturated heterocycles. The van der Waals surface area contributed by atoms with E-state index in [9.17, 15) is 18.0 Å². The molecule has 0 aliphatic carbocycles. The van der Waals surface area contributed by atoms with Crippen LogP contribution in [-0.4, -0.2) is 50.4 Å². The Morgan fingerprint density at radius 3 is 2.13 bits per heavy atom. The summed E-state index contributed by atoms with van der Waals surface area (Å²) in [6.45, 7) is -0.247. The van der Waals surface area contributed by atoms with E-state index in [4.69, 9.17) is 5.21 Å². The van der Waals surface area contributed by atoms with Gasteiger partial charge in [0.25, 0.3) is 5.91 Å². The normalized spacial score (nSPS) is 11.4. The van der Waals surface area contributed by atoms with Gasteiger partial charge in [0.2, 0.25) is 15.9 Å². The highest BCUT2D eigenvalue weighted by Gasteiger charge is 2.29. The summed E-state index contributed by atoms with van der Waals surface area (Å²) in [6, 6.07) is 26.0. The average Bonchev–Trinajstić information content (AvgIpc) is 2.95. The number of hydrogen-bond acceptors (Lipinski definition) is 6. The lowest BCUT2D eigenvalue weighted by molar-refractivity contribution is -0.121. The first-order chi connectivity index (χ1) is 18.7. The fourth-order valence-corrected chi connectivity index (χ4v) is 5.88. The monoisotopic (exact) mass is 546 g/mol. The molecular formula is C29H30N4O5S. The van der Waals surface area contributed by atoms with Gasteiger partial charge in [0.15, 0.2) is 0 Å². The summed E-state index contributed by atoms with van der Waals surface area (Å²) in [5.74, 6) is -1.13. The zero-order valence-corrected chi connectivity index (χ0v) is 22.5. The third kappa shape index (κ3) is 6.43. The van der Waals surface area contributed by atoms with E-state index in [0.717, 1.165) is 20.9 Å². The van der Waals surface area contributed by atoms with E-state index in [-0.39, 0.29) is 23.5 Å². The van der Waals surface area contributed by atoms with Gasteiger partial charge in [0, 0.05) is 49.2 Å². The SMILES string of the molecule is CN(C)c1cccc2c(S(=O)(=O)N(CC(=O)NCc3ccccc3)Cc3ccc(C(=O)NO)cc3)cccc12. The third-order valence-electron chi connectivity index (χ3n) is 6.29. The lowest BCUT2D eigenvalue weighted by Crippen LogP contribution is -2.40. The van der Waals surface area contributed by atoms with Crippen LogP contribution in [0.25, 0.3) is 10.8 Å². The zero-order chi connectivity index (χ0) is 28.0. The molecule has 0 atom stereocenters. The van der Waals surface area contributed by atoms with Crippen molar-refractivity contribution < 1.29 is 23.2 Å². The maximum absolute atomic E-state index is 14.1. The van der Waals surface area contributed by atoms with Crippen molar-refractivity contribution in [2.75, 3.05) is 25.5 Å². The van der Waals surface area contributed by atoms with Gasteiger partial charge < -0.3 is 10.2 Å². The summed E-state index contributed by atoms with van der Waals surface area (Å²) in [5.41, 5.74) is 4.11. The summed E-state index contributed by atoms with van der Waals surface area (Å²) < 4.78 is 29.3. The van der Waals surface area contributed by atoms with Crippen molar-refractivity contribution in [1.29, 1.82) is 0 Å². The Bertz CT molecular complexity index is 1570. The molecule has 0 heterocycles. The molecule has 0 radical (unpaired) electrons. The first kappa shape index (κ1) is 27.8. The number of hydroxylamine groups is 1. The number of nitrogens with zero attached hydrogens (tertiary/aromatic N) is 2. The number of carbonyl (C=O) groups is 2. The van der Waals surface area contributed by atoms with Crippen molar-refractivity contribution in [2.45, 2.75) is 18.0 Å². The number of rotatable bonds is 10. The molecule has 0 aliphatic rings. The Hall–Kier alpha value is -4.25. The standard InChI is InChI=1S/C29H30N4O5S/c1-32(2)26-12-6-11-25-24(26)10-7-13-27(25)39(37,38)33(19-22-14-16-23(17-15-22)29(35)31-36)20-28(34)30-18-21-8-4-3-5-9-21/h3-17,36H,18-20H2,1-2H3,(H,30,34)(H,31,35). The minimum absolute atomic E-state index is 0.0934. The summed E-state index contributed by atoms with van der Waals surface area (Å²) in [4.78, 5) is 26.7. The largest absolute Gasteiger partial charge is 0.377 e. The third-order valence-corrected chi connectivity index (χ3v) is 8.14. The van der Waals surface area contributed by atoms with E-state index in [1.165, 1.54) is 12.1 Å². The predicted molar refractivity (Wildman–Crippen MR) is 150 cm³/mol. The summed E-state index contributed by atoms with van der Waals surface area (Å²) >= 11 is 0. The molecule has 2 amide bonds. The Morgan fingerprint density at radius 1 is 0.795 bits per heavy atom. The van der Waals surface area contributed by atoms with Crippen LogP contribution in [0.4, 0.5) is 5.69 Å². The topological polar surface area (TPSA) is 119 Å². The molecule has 0 bridgehead atoms. The molecule has 0 aliphatic heterocycles. The number of amides is 2. The average molecular weight is 547 g/mol. The molecule has 0 spiro atoms. The smallest absolute Gasteiger partial charge is 0.274 e. The molecule has 0 saturated carbocycles. The number of benzene rings is 4. The van der Waals surface area contributed by atoms with Gasteiger partial charge in [-0.2, -0.15) is 4.31 Å². The fraction of sp³-hybridized carbons (Fsp3) is 0.172. The van der Waals surface area contributed by atoms with Crippen LogP contribution in [0.1, 0.15) is 21.5 Å². The minimum Gasteiger partial charge on any atom is -0.377 e. The number of nitrogens with one attached hydrogen (secondary N) is 2. The maximum atomic E-state index is 14.1. The van der Waals surface area contributed by atoms with Crippen molar-refractivity contribution in [3.8, 4) is 0 Å². The van der Waals surface area contributed by atoms with Gasteiger partial charge in [-0.15, -0.1) is 0 Å². The fourth-order valence-electron chi connectivity index (χ4n) is 4.29. The molecular weight excluding hydrogens is 516 g/mol. The van der Waals surface area contributed by atoms with E-state index >= 15 is 0 Å². The summed E-state index contributed by atoms with van der Waals surface area (Å²) in [6.07, 6.45) is 0. The van der Waals surface area contributed by atoms with Gasteiger partial charge in [0.1, 0.15) is 0 Å². The highest BCUT2D eigenvalue weighted by molar-refractivity contribution is 7.89. The van der Waals surface area contributed by atoms with Crippen molar-refractivity contribution >= 4 is 38.3 Å². The second-order valence-corrected chi connectivity index (χ2v) is 11.1. The molecule has 0 unspecified atom stereocenters. The molecule has 0 fully saturated rings. The second kappa shape index (κ2) is 12.1. The van der Waals surface area contributed by atoms with E-state index in [0.29, 0.717) is 10.9 Å². The highest BCUT2D eigenvalue weighted by Crippen LogP contribution is 2.32. The van der Waals surface area contributed by atoms with Crippen molar-refractivity contribution in [2.24, 2.45) is 0 Å². The molecule has 9 nitrogen and oxygen atoms in total. The minimum atomic E-state index is -4.14. The molecule has 10 heteroatoms. The van der Waals surface area contributed by atoms with E-state index in [1.54, 1.807) is 41.9 Å². The maximum Gasteiger partial charge on any atom is 0.274 e. The molecule has 0 aromatic heterocycles. The summed E-state index contributed by atoms with van der Waals surface area (Å²) in [7, 11) is -0.365. The molecule has 4 aromatic carbocycles. The van der Waals surface area contributed by atoms with E-state index in [2.05, 4.69) is 5.32 Å². The number of hydrogen-bond donors (Lipinski definition) is 3. The van der Waals surface area contributed by atoms with Gasteiger partial charge in [-0.25, -0.2) is 13.9 Å². The Labute approximate surface area is 227 Å². The van der Waals surface area contributed by atoms with Crippen LogP contribution in [0.5, 0.6) is 0 Å². The van der Waals surface area contributed by atoms with Crippen LogP contribution < -0.4 is 15.7 Å². The van der Waals surface area contributed by atoms with E-state index in [1.807, 2.05) is 61.5 Å². The number of anilines is 1. The Balaban J connectivity index is 1.69. The quantitative estimate of drug-likeness (QED) is 0.207. The van der Waals surface area contributed by atoms with Gasteiger partial charge in [0.05, 0.1) is 11.4 Å².